The van der Waals surface area contributed by atoms with Crippen molar-refractivity contribution in [3.8, 4) is 0 Å². The van der Waals surface area contributed by atoms with E-state index in [1.807, 2.05) is 12.1 Å². The second kappa shape index (κ2) is 4.76. The van der Waals surface area contributed by atoms with E-state index in [1.165, 1.54) is 0 Å². The fraction of sp³-hybridized carbons (Fsp3) is 0.455. The van der Waals surface area contributed by atoms with Crippen molar-refractivity contribution in [3.63, 3.8) is 0 Å². The van der Waals surface area contributed by atoms with E-state index in [2.05, 4.69) is 9.88 Å². The van der Waals surface area contributed by atoms with Gasteiger partial charge in [0.15, 0.2) is 0 Å². The maximum atomic E-state index is 9.24. The Morgan fingerprint density at radius 2 is 2.44 bits per heavy atom. The van der Waals surface area contributed by atoms with Gasteiger partial charge < -0.3 is 15.7 Å². The van der Waals surface area contributed by atoms with Gasteiger partial charge in [-0.3, -0.25) is 4.98 Å². The predicted octanol–water partition coefficient (Wildman–Crippen LogP) is 0.677. The Kier molecular flexibility index (Phi) is 3.36. The number of thiocarbonyl (C=S) groups is 1. The van der Waals surface area contributed by atoms with Crippen LogP contribution >= 0.6 is 12.2 Å². The minimum atomic E-state index is 0.192. The number of hydrogen-bond acceptors (Lipinski definition) is 4. The normalized spacial score (nSPS) is 20.1. The molecule has 1 aliphatic rings. The highest BCUT2D eigenvalue weighted by atomic mass is 32.1. The third kappa shape index (κ3) is 2.15. The van der Waals surface area contributed by atoms with E-state index in [0.717, 1.165) is 25.1 Å². The van der Waals surface area contributed by atoms with Crippen LogP contribution in [0.2, 0.25) is 0 Å². The zero-order chi connectivity index (χ0) is 11.5. The zero-order valence-electron chi connectivity index (χ0n) is 8.97. The van der Waals surface area contributed by atoms with Crippen LogP contribution in [0.25, 0.3) is 0 Å². The topological polar surface area (TPSA) is 62.4 Å². The Labute approximate surface area is 100 Å². The summed E-state index contributed by atoms with van der Waals surface area (Å²) in [5, 5.41) is 9.24. The monoisotopic (exact) mass is 237 g/mol. The van der Waals surface area contributed by atoms with Crippen molar-refractivity contribution in [2.75, 3.05) is 18.1 Å². The highest BCUT2D eigenvalue weighted by molar-refractivity contribution is 7.80. The molecule has 2 rings (SSSR count). The minimum absolute atomic E-state index is 0.192. The summed E-state index contributed by atoms with van der Waals surface area (Å²) in [7, 11) is 0. The average Bonchev–Trinajstić information content (AvgIpc) is 2.77. The summed E-state index contributed by atoms with van der Waals surface area (Å²) in [6.07, 6.45) is 3.91. The highest BCUT2D eigenvalue weighted by Gasteiger charge is 2.23. The molecule has 1 saturated heterocycles. The molecule has 1 fully saturated rings. The van der Waals surface area contributed by atoms with Gasteiger partial charge in [-0.1, -0.05) is 12.2 Å². The Balaban J connectivity index is 2.18. The van der Waals surface area contributed by atoms with Gasteiger partial charge in [-0.25, -0.2) is 0 Å². The van der Waals surface area contributed by atoms with Crippen LogP contribution in [0.15, 0.2) is 18.3 Å². The molecule has 2 heterocycles. The van der Waals surface area contributed by atoms with Crippen molar-refractivity contribution in [1.82, 2.24) is 4.98 Å². The molecule has 0 spiro atoms. The van der Waals surface area contributed by atoms with Crippen LogP contribution in [-0.2, 0) is 0 Å². The number of aliphatic hydroxyl groups is 1. The van der Waals surface area contributed by atoms with Gasteiger partial charge in [0.05, 0.1) is 30.2 Å². The lowest BCUT2D eigenvalue weighted by molar-refractivity contribution is 0.266. The molecule has 0 bridgehead atoms. The van der Waals surface area contributed by atoms with Crippen LogP contribution in [0.3, 0.4) is 0 Å². The lowest BCUT2D eigenvalue weighted by Crippen LogP contribution is -2.32. The smallest absolute Gasteiger partial charge is 0.122 e. The summed E-state index contributed by atoms with van der Waals surface area (Å²) in [5.74, 6) is 0. The van der Waals surface area contributed by atoms with Gasteiger partial charge in [-0.2, -0.15) is 0 Å². The number of rotatable bonds is 3. The predicted molar refractivity (Wildman–Crippen MR) is 67.6 cm³/mol. The van der Waals surface area contributed by atoms with Gasteiger partial charge in [0.2, 0.25) is 0 Å². The standard InChI is InChI=1S/C11H15N3OS/c12-11(16)10-4-3-8(6-13-10)14-5-1-2-9(14)7-15/h3-4,6,9,15H,1-2,5,7H2,(H2,12,16). The van der Waals surface area contributed by atoms with Crippen molar-refractivity contribution in [1.29, 1.82) is 0 Å². The van der Waals surface area contributed by atoms with E-state index >= 15 is 0 Å². The fourth-order valence-electron chi connectivity index (χ4n) is 2.07. The molecular weight excluding hydrogens is 222 g/mol. The number of nitrogens with zero attached hydrogens (tertiary/aromatic N) is 2. The first-order valence-electron chi connectivity index (χ1n) is 5.35. The van der Waals surface area contributed by atoms with E-state index in [9.17, 15) is 5.11 Å². The first kappa shape index (κ1) is 11.3. The van der Waals surface area contributed by atoms with E-state index < -0.39 is 0 Å². The van der Waals surface area contributed by atoms with E-state index in [0.29, 0.717) is 10.7 Å². The van der Waals surface area contributed by atoms with Crippen molar-refractivity contribution in [2.45, 2.75) is 18.9 Å². The van der Waals surface area contributed by atoms with E-state index in [-0.39, 0.29) is 12.6 Å². The van der Waals surface area contributed by atoms with Crippen LogP contribution in [0.5, 0.6) is 0 Å². The zero-order valence-corrected chi connectivity index (χ0v) is 9.78. The van der Waals surface area contributed by atoms with Crippen LogP contribution in [0, 0.1) is 0 Å². The van der Waals surface area contributed by atoms with Gasteiger partial charge in [0.25, 0.3) is 0 Å². The number of anilines is 1. The summed E-state index contributed by atoms with van der Waals surface area (Å²) < 4.78 is 0. The van der Waals surface area contributed by atoms with Crippen LogP contribution in [0.1, 0.15) is 18.5 Å². The summed E-state index contributed by atoms with van der Waals surface area (Å²) in [5.41, 5.74) is 7.15. The fourth-order valence-corrected chi connectivity index (χ4v) is 2.19. The molecule has 0 saturated carbocycles. The SMILES string of the molecule is NC(=S)c1ccc(N2CCCC2CO)cn1. The maximum absolute atomic E-state index is 9.24. The van der Waals surface area contributed by atoms with Crippen molar-refractivity contribution in [3.05, 3.63) is 24.0 Å². The third-order valence-corrected chi connectivity index (χ3v) is 3.13. The minimum Gasteiger partial charge on any atom is -0.394 e. The largest absolute Gasteiger partial charge is 0.394 e. The van der Waals surface area contributed by atoms with Gasteiger partial charge in [-0.05, 0) is 25.0 Å². The molecule has 5 heteroatoms. The maximum Gasteiger partial charge on any atom is 0.122 e. The van der Waals surface area contributed by atoms with Crippen LogP contribution in [0.4, 0.5) is 5.69 Å². The Bertz CT molecular complexity index is 379. The molecule has 1 atom stereocenters. The van der Waals surface area contributed by atoms with Gasteiger partial charge in [0, 0.05) is 6.54 Å². The van der Waals surface area contributed by atoms with Gasteiger partial charge in [-0.15, -0.1) is 0 Å². The second-order valence-corrected chi connectivity index (χ2v) is 4.38. The first-order chi connectivity index (χ1) is 7.72. The van der Waals surface area contributed by atoms with Crippen molar-refractivity contribution in [2.24, 2.45) is 5.73 Å². The van der Waals surface area contributed by atoms with E-state index in [4.69, 9.17) is 18.0 Å². The molecule has 1 aromatic heterocycles. The summed E-state index contributed by atoms with van der Waals surface area (Å²) >= 11 is 4.85. The lowest BCUT2D eigenvalue weighted by Gasteiger charge is -2.24. The highest BCUT2D eigenvalue weighted by Crippen LogP contribution is 2.24. The summed E-state index contributed by atoms with van der Waals surface area (Å²) in [4.78, 5) is 6.69. The molecule has 3 N–H and O–H groups in total. The Morgan fingerprint density at radius 1 is 1.62 bits per heavy atom. The van der Waals surface area contributed by atoms with Crippen molar-refractivity contribution < 1.29 is 5.11 Å². The summed E-state index contributed by atoms with van der Waals surface area (Å²) in [6, 6.07) is 4.00. The van der Waals surface area contributed by atoms with Crippen LogP contribution < -0.4 is 10.6 Å². The molecule has 0 radical (unpaired) electrons. The molecule has 86 valence electrons. The molecular formula is C11H15N3OS. The molecule has 4 nitrogen and oxygen atoms in total. The number of aliphatic hydroxyl groups excluding tert-OH is 1. The quantitative estimate of drug-likeness (QED) is 0.757. The number of pyridine rings is 1. The number of nitrogens with two attached hydrogens (primary N) is 1. The molecule has 1 aromatic rings. The van der Waals surface area contributed by atoms with Crippen LogP contribution in [-0.4, -0.2) is 34.3 Å². The molecule has 1 unspecified atom stereocenters. The second-order valence-electron chi connectivity index (χ2n) is 3.94. The third-order valence-electron chi connectivity index (χ3n) is 2.92. The van der Waals surface area contributed by atoms with Gasteiger partial charge >= 0.3 is 0 Å². The average molecular weight is 237 g/mol. The van der Waals surface area contributed by atoms with Crippen molar-refractivity contribution >= 4 is 22.9 Å². The lowest BCUT2D eigenvalue weighted by atomic mass is 10.2. The Morgan fingerprint density at radius 3 is 3.00 bits per heavy atom. The summed E-state index contributed by atoms with van der Waals surface area (Å²) in [6.45, 7) is 1.16. The molecule has 0 aromatic carbocycles. The molecule has 16 heavy (non-hydrogen) atoms. The Hall–Kier alpha value is -1.20. The number of hydrogen-bond donors (Lipinski definition) is 2. The molecule has 1 aliphatic heterocycles. The molecule has 0 aliphatic carbocycles. The molecule has 0 amide bonds. The van der Waals surface area contributed by atoms with E-state index in [1.54, 1.807) is 6.20 Å². The van der Waals surface area contributed by atoms with Gasteiger partial charge in [0.1, 0.15) is 4.99 Å². The number of aromatic nitrogens is 1. The first-order valence-corrected chi connectivity index (χ1v) is 5.76.